The van der Waals surface area contributed by atoms with Gasteiger partial charge in [-0.1, -0.05) is 6.92 Å². The predicted molar refractivity (Wildman–Crippen MR) is 90.0 cm³/mol. The minimum absolute atomic E-state index is 0.220. The molecule has 128 valence electrons. The zero-order valence-electron chi connectivity index (χ0n) is 14.1. The van der Waals surface area contributed by atoms with E-state index in [9.17, 15) is 14.4 Å². The van der Waals surface area contributed by atoms with Crippen LogP contribution in [0.1, 0.15) is 57.8 Å². The lowest BCUT2D eigenvalue weighted by atomic mass is 9.98. The Morgan fingerprint density at radius 1 is 1.25 bits per heavy atom. The topological polar surface area (TPSA) is 78.5 Å². The Labute approximate surface area is 141 Å². The first-order valence-electron chi connectivity index (χ1n) is 8.47. The molecular formula is C18H23N3O3. The average molecular weight is 329 g/mol. The van der Waals surface area contributed by atoms with Crippen LogP contribution < -0.4 is 10.6 Å². The summed E-state index contributed by atoms with van der Waals surface area (Å²) in [6, 6.07) is 4.87. The zero-order chi connectivity index (χ0) is 17.3. The number of piperidine rings is 1. The maximum Gasteiger partial charge on any atom is 0.258 e. The van der Waals surface area contributed by atoms with Crippen molar-refractivity contribution in [2.24, 2.45) is 5.92 Å². The SMILES string of the molecule is CC1CCN(C(C)CNC(=O)c2ccc3c(c2)C(=O)NC3=O)CC1. The van der Waals surface area contributed by atoms with Crippen molar-refractivity contribution in [3.63, 3.8) is 0 Å². The van der Waals surface area contributed by atoms with Gasteiger partial charge in [0, 0.05) is 18.2 Å². The van der Waals surface area contributed by atoms with Gasteiger partial charge in [-0.3, -0.25) is 24.6 Å². The Balaban J connectivity index is 1.59. The van der Waals surface area contributed by atoms with E-state index in [0.717, 1.165) is 19.0 Å². The van der Waals surface area contributed by atoms with E-state index < -0.39 is 11.8 Å². The van der Waals surface area contributed by atoms with Gasteiger partial charge in [0.15, 0.2) is 0 Å². The second-order valence-corrected chi connectivity index (χ2v) is 6.82. The molecule has 0 aliphatic carbocycles. The molecular weight excluding hydrogens is 306 g/mol. The average Bonchev–Trinajstić information content (AvgIpc) is 2.87. The van der Waals surface area contributed by atoms with Crippen molar-refractivity contribution in [2.75, 3.05) is 19.6 Å². The maximum absolute atomic E-state index is 12.3. The second kappa shape index (κ2) is 6.73. The summed E-state index contributed by atoms with van der Waals surface area (Å²) >= 11 is 0. The van der Waals surface area contributed by atoms with Crippen LogP contribution in [0.25, 0.3) is 0 Å². The molecule has 2 aliphatic rings. The van der Waals surface area contributed by atoms with Crippen molar-refractivity contribution in [2.45, 2.75) is 32.7 Å². The summed E-state index contributed by atoms with van der Waals surface area (Å²) in [5.74, 6) is -0.291. The Kier molecular flexibility index (Phi) is 4.66. The lowest BCUT2D eigenvalue weighted by Gasteiger charge is -2.35. The summed E-state index contributed by atoms with van der Waals surface area (Å²) in [6.07, 6.45) is 2.40. The number of rotatable bonds is 4. The summed E-state index contributed by atoms with van der Waals surface area (Å²) in [4.78, 5) is 37.9. The molecule has 1 atom stereocenters. The number of imide groups is 1. The third-order valence-electron chi connectivity index (χ3n) is 5.00. The van der Waals surface area contributed by atoms with Crippen LogP contribution in [0, 0.1) is 5.92 Å². The molecule has 3 rings (SSSR count). The van der Waals surface area contributed by atoms with Crippen LogP contribution in [0.5, 0.6) is 0 Å². The van der Waals surface area contributed by atoms with Crippen LogP contribution in [0.15, 0.2) is 18.2 Å². The fourth-order valence-electron chi connectivity index (χ4n) is 3.25. The molecule has 24 heavy (non-hydrogen) atoms. The molecule has 6 nitrogen and oxygen atoms in total. The van der Waals surface area contributed by atoms with Crippen LogP contribution in [-0.2, 0) is 0 Å². The number of carbonyl (C=O) groups excluding carboxylic acids is 3. The molecule has 0 saturated carbocycles. The minimum atomic E-state index is -0.444. The largest absolute Gasteiger partial charge is 0.350 e. The van der Waals surface area contributed by atoms with E-state index in [4.69, 9.17) is 0 Å². The number of carbonyl (C=O) groups is 3. The molecule has 0 radical (unpaired) electrons. The van der Waals surface area contributed by atoms with E-state index in [-0.39, 0.29) is 17.5 Å². The van der Waals surface area contributed by atoms with E-state index in [1.807, 2.05) is 0 Å². The number of hydrogen-bond acceptors (Lipinski definition) is 4. The molecule has 3 amide bonds. The number of nitrogens with zero attached hydrogens (tertiary/aromatic N) is 1. The van der Waals surface area contributed by atoms with Crippen LogP contribution in [-0.4, -0.2) is 48.3 Å². The Morgan fingerprint density at radius 2 is 1.92 bits per heavy atom. The monoisotopic (exact) mass is 329 g/mol. The summed E-state index contributed by atoms with van der Waals surface area (Å²) in [6.45, 7) is 7.09. The van der Waals surface area contributed by atoms with Crippen molar-refractivity contribution >= 4 is 17.7 Å². The molecule has 2 heterocycles. The van der Waals surface area contributed by atoms with Crippen molar-refractivity contribution < 1.29 is 14.4 Å². The normalized spacial score (nSPS) is 19.8. The number of fused-ring (bicyclic) bond motifs is 1. The van der Waals surface area contributed by atoms with Crippen LogP contribution >= 0.6 is 0 Å². The van der Waals surface area contributed by atoms with Gasteiger partial charge in [-0.25, -0.2) is 0 Å². The number of likely N-dealkylation sites (tertiary alicyclic amines) is 1. The van der Waals surface area contributed by atoms with Gasteiger partial charge >= 0.3 is 0 Å². The van der Waals surface area contributed by atoms with Gasteiger partial charge in [-0.2, -0.15) is 0 Å². The molecule has 1 unspecified atom stereocenters. The van der Waals surface area contributed by atoms with E-state index in [0.29, 0.717) is 17.7 Å². The first-order chi connectivity index (χ1) is 11.5. The summed E-state index contributed by atoms with van der Waals surface area (Å²) in [5, 5.41) is 5.16. The third-order valence-corrected chi connectivity index (χ3v) is 5.00. The van der Waals surface area contributed by atoms with Crippen LogP contribution in [0.2, 0.25) is 0 Å². The highest BCUT2D eigenvalue weighted by Gasteiger charge is 2.27. The zero-order valence-corrected chi connectivity index (χ0v) is 14.1. The summed E-state index contributed by atoms with van der Waals surface area (Å²) in [5.41, 5.74) is 0.996. The molecule has 0 spiro atoms. The highest BCUT2D eigenvalue weighted by molar-refractivity contribution is 6.22. The lowest BCUT2D eigenvalue weighted by molar-refractivity contribution is 0.0878. The van der Waals surface area contributed by atoms with Crippen LogP contribution in [0.3, 0.4) is 0 Å². The fraction of sp³-hybridized carbons (Fsp3) is 0.500. The van der Waals surface area contributed by atoms with Crippen molar-refractivity contribution in [3.8, 4) is 0 Å². The van der Waals surface area contributed by atoms with Crippen molar-refractivity contribution in [1.29, 1.82) is 0 Å². The Hall–Kier alpha value is -2.21. The molecule has 1 aromatic carbocycles. The van der Waals surface area contributed by atoms with E-state index >= 15 is 0 Å². The van der Waals surface area contributed by atoms with Gasteiger partial charge in [0.05, 0.1) is 11.1 Å². The highest BCUT2D eigenvalue weighted by Crippen LogP contribution is 2.19. The molecule has 0 bridgehead atoms. The van der Waals surface area contributed by atoms with Crippen LogP contribution in [0.4, 0.5) is 0 Å². The van der Waals surface area contributed by atoms with Crippen molar-refractivity contribution in [3.05, 3.63) is 34.9 Å². The number of nitrogens with one attached hydrogen (secondary N) is 2. The minimum Gasteiger partial charge on any atom is -0.350 e. The van der Waals surface area contributed by atoms with E-state index in [1.165, 1.54) is 25.0 Å². The summed E-state index contributed by atoms with van der Waals surface area (Å²) in [7, 11) is 0. The molecule has 1 aromatic rings. The molecule has 0 aromatic heterocycles. The Bertz CT molecular complexity index is 678. The Morgan fingerprint density at radius 3 is 2.62 bits per heavy atom. The quantitative estimate of drug-likeness (QED) is 0.819. The highest BCUT2D eigenvalue weighted by atomic mass is 16.2. The number of hydrogen-bond donors (Lipinski definition) is 2. The molecule has 2 aliphatic heterocycles. The lowest BCUT2D eigenvalue weighted by Crippen LogP contribution is -2.45. The van der Waals surface area contributed by atoms with Crippen molar-refractivity contribution in [1.82, 2.24) is 15.5 Å². The van der Waals surface area contributed by atoms with Gasteiger partial charge in [-0.05, 0) is 57.0 Å². The first-order valence-corrected chi connectivity index (χ1v) is 8.47. The number of amides is 3. The molecule has 1 saturated heterocycles. The fourth-order valence-corrected chi connectivity index (χ4v) is 3.25. The number of benzene rings is 1. The maximum atomic E-state index is 12.3. The second-order valence-electron chi connectivity index (χ2n) is 6.82. The van der Waals surface area contributed by atoms with Gasteiger partial charge < -0.3 is 5.32 Å². The van der Waals surface area contributed by atoms with E-state index in [2.05, 4.69) is 29.4 Å². The smallest absolute Gasteiger partial charge is 0.258 e. The van der Waals surface area contributed by atoms with Gasteiger partial charge in [0.2, 0.25) is 0 Å². The molecule has 6 heteroatoms. The predicted octanol–water partition coefficient (Wildman–Crippen LogP) is 1.42. The van der Waals surface area contributed by atoms with E-state index in [1.54, 1.807) is 6.07 Å². The molecule has 1 fully saturated rings. The third kappa shape index (κ3) is 3.33. The standard InChI is InChI=1S/C18H23N3O3/c1-11-5-7-21(8-6-11)12(2)10-19-16(22)13-3-4-14-15(9-13)18(24)20-17(14)23/h3-4,9,11-12H,5-8,10H2,1-2H3,(H,19,22)(H,20,23,24). The summed E-state index contributed by atoms with van der Waals surface area (Å²) < 4.78 is 0. The van der Waals surface area contributed by atoms with Gasteiger partial charge in [0.25, 0.3) is 17.7 Å². The first kappa shape index (κ1) is 16.6. The molecule has 2 N–H and O–H groups in total. The van der Waals surface area contributed by atoms with Gasteiger partial charge in [0.1, 0.15) is 0 Å². The van der Waals surface area contributed by atoms with Gasteiger partial charge in [-0.15, -0.1) is 0 Å².